The molecule has 0 fully saturated rings. The molecule has 2 atom stereocenters. The van der Waals surface area contributed by atoms with E-state index in [0.717, 1.165) is 22.2 Å². The third-order valence-electron chi connectivity index (χ3n) is 3.05. The van der Waals surface area contributed by atoms with E-state index in [4.69, 9.17) is 0 Å². The monoisotopic (exact) mass is 333 g/mol. The average Bonchev–Trinajstić information content (AvgIpc) is 2.36. The van der Waals surface area contributed by atoms with Crippen molar-refractivity contribution >= 4 is 27.7 Å². The van der Waals surface area contributed by atoms with E-state index in [1.54, 1.807) is 0 Å². The fraction of sp³-hybridized carbons (Fsp3) is 0.571. The maximum Gasteiger partial charge on any atom is 0.127 e. The molecule has 1 rings (SSSR count). The molecule has 1 aromatic rings. The first kappa shape index (κ1) is 16.0. The van der Waals surface area contributed by atoms with Gasteiger partial charge < -0.3 is 5.32 Å². The van der Waals surface area contributed by atoms with Gasteiger partial charge in [-0.2, -0.15) is 11.8 Å². The van der Waals surface area contributed by atoms with Crippen molar-refractivity contribution < 1.29 is 4.39 Å². The number of halogens is 2. The Morgan fingerprint density at radius 2 is 2.17 bits per heavy atom. The average molecular weight is 334 g/mol. The van der Waals surface area contributed by atoms with Crippen LogP contribution in [0, 0.1) is 5.82 Å². The second-order valence-corrected chi connectivity index (χ2v) is 6.86. The Morgan fingerprint density at radius 3 is 2.72 bits per heavy atom. The molecule has 0 aliphatic carbocycles. The molecule has 0 aliphatic rings. The van der Waals surface area contributed by atoms with Crippen molar-refractivity contribution in [3.8, 4) is 0 Å². The first-order valence-electron chi connectivity index (χ1n) is 6.29. The standard InChI is InChI=1S/C14H21BrFNS/c1-4-10(2)18-9-13(17-3)7-11-5-6-12(15)8-14(11)16/h5-6,8,10,13,17H,4,7,9H2,1-3H3. The number of nitrogens with one attached hydrogen (secondary N) is 1. The van der Waals surface area contributed by atoms with Crippen LogP contribution < -0.4 is 5.32 Å². The van der Waals surface area contributed by atoms with Crippen molar-refractivity contribution in [1.29, 1.82) is 0 Å². The van der Waals surface area contributed by atoms with E-state index in [0.29, 0.717) is 11.3 Å². The molecule has 0 aliphatic heterocycles. The van der Waals surface area contributed by atoms with Crippen molar-refractivity contribution in [2.24, 2.45) is 0 Å². The van der Waals surface area contributed by atoms with Crippen molar-refractivity contribution in [2.45, 2.75) is 38.0 Å². The minimum atomic E-state index is -0.127. The molecule has 102 valence electrons. The molecule has 1 N–H and O–H groups in total. The summed E-state index contributed by atoms with van der Waals surface area (Å²) in [5.74, 6) is 0.888. The van der Waals surface area contributed by atoms with E-state index < -0.39 is 0 Å². The van der Waals surface area contributed by atoms with Crippen LogP contribution in [0.4, 0.5) is 4.39 Å². The Morgan fingerprint density at radius 1 is 1.44 bits per heavy atom. The highest BCUT2D eigenvalue weighted by atomic mass is 79.9. The molecule has 4 heteroatoms. The van der Waals surface area contributed by atoms with Crippen LogP contribution in [0.25, 0.3) is 0 Å². The van der Waals surface area contributed by atoms with Gasteiger partial charge in [-0.25, -0.2) is 4.39 Å². The van der Waals surface area contributed by atoms with E-state index in [9.17, 15) is 4.39 Å². The zero-order valence-corrected chi connectivity index (χ0v) is 13.6. The van der Waals surface area contributed by atoms with E-state index in [1.165, 1.54) is 12.5 Å². The van der Waals surface area contributed by atoms with Crippen LogP contribution >= 0.6 is 27.7 Å². The topological polar surface area (TPSA) is 12.0 Å². The van der Waals surface area contributed by atoms with Crippen molar-refractivity contribution in [3.05, 3.63) is 34.1 Å². The van der Waals surface area contributed by atoms with Crippen LogP contribution in [-0.4, -0.2) is 24.1 Å². The zero-order valence-electron chi connectivity index (χ0n) is 11.2. The van der Waals surface area contributed by atoms with E-state index in [1.807, 2.05) is 30.9 Å². The molecule has 0 amide bonds. The number of hydrogen-bond donors (Lipinski definition) is 1. The molecule has 1 aromatic carbocycles. The summed E-state index contributed by atoms with van der Waals surface area (Å²) in [6.45, 7) is 4.43. The molecule has 0 bridgehead atoms. The van der Waals surface area contributed by atoms with E-state index in [-0.39, 0.29) is 5.82 Å². The van der Waals surface area contributed by atoms with Gasteiger partial charge in [-0.05, 0) is 37.6 Å². The summed E-state index contributed by atoms with van der Waals surface area (Å²) in [5.41, 5.74) is 0.780. The van der Waals surface area contributed by atoms with Gasteiger partial charge in [0.1, 0.15) is 5.82 Å². The number of benzene rings is 1. The number of rotatable bonds is 7. The second-order valence-electron chi connectivity index (χ2n) is 4.48. The maximum atomic E-state index is 13.7. The quantitative estimate of drug-likeness (QED) is 0.800. The van der Waals surface area contributed by atoms with Gasteiger partial charge in [0.15, 0.2) is 0 Å². The molecule has 0 saturated carbocycles. The number of hydrogen-bond acceptors (Lipinski definition) is 2. The third kappa shape index (κ3) is 5.29. The summed E-state index contributed by atoms with van der Waals surface area (Å²) in [7, 11) is 1.94. The number of likely N-dealkylation sites (N-methyl/N-ethyl adjacent to an activating group) is 1. The first-order chi connectivity index (χ1) is 8.56. The highest BCUT2D eigenvalue weighted by Gasteiger charge is 2.12. The Labute approximate surface area is 122 Å². The van der Waals surface area contributed by atoms with Crippen LogP contribution in [-0.2, 0) is 6.42 Å². The van der Waals surface area contributed by atoms with Crippen LogP contribution in [0.15, 0.2) is 22.7 Å². The van der Waals surface area contributed by atoms with Crippen LogP contribution in [0.1, 0.15) is 25.8 Å². The lowest BCUT2D eigenvalue weighted by atomic mass is 10.1. The highest BCUT2D eigenvalue weighted by Crippen LogP contribution is 2.19. The van der Waals surface area contributed by atoms with Gasteiger partial charge in [-0.1, -0.05) is 35.8 Å². The molecular formula is C14H21BrFNS. The Bertz CT molecular complexity index is 373. The Kier molecular flexibility index (Phi) is 7.27. The molecule has 0 aromatic heterocycles. The van der Waals surface area contributed by atoms with Gasteiger partial charge in [0, 0.05) is 21.5 Å². The van der Waals surface area contributed by atoms with Crippen LogP contribution in [0.2, 0.25) is 0 Å². The van der Waals surface area contributed by atoms with Crippen molar-refractivity contribution in [3.63, 3.8) is 0 Å². The maximum absolute atomic E-state index is 13.7. The predicted molar refractivity (Wildman–Crippen MR) is 82.9 cm³/mol. The normalized spacial score (nSPS) is 14.5. The fourth-order valence-electron chi connectivity index (χ4n) is 1.60. The largest absolute Gasteiger partial charge is 0.316 e. The summed E-state index contributed by atoms with van der Waals surface area (Å²) in [4.78, 5) is 0. The predicted octanol–water partition coefficient (Wildman–Crippen LogP) is 4.25. The van der Waals surface area contributed by atoms with Crippen LogP contribution in [0.5, 0.6) is 0 Å². The molecule has 0 heterocycles. The molecular weight excluding hydrogens is 313 g/mol. The highest BCUT2D eigenvalue weighted by molar-refractivity contribution is 9.10. The molecule has 0 saturated heterocycles. The van der Waals surface area contributed by atoms with Gasteiger partial charge in [0.25, 0.3) is 0 Å². The number of thioether (sulfide) groups is 1. The van der Waals surface area contributed by atoms with Gasteiger partial charge >= 0.3 is 0 Å². The van der Waals surface area contributed by atoms with Crippen LogP contribution in [0.3, 0.4) is 0 Å². The first-order valence-corrected chi connectivity index (χ1v) is 8.13. The molecule has 0 spiro atoms. The SMILES string of the molecule is CCC(C)SCC(Cc1ccc(Br)cc1F)NC. The summed E-state index contributed by atoms with van der Waals surface area (Å²) in [6.07, 6.45) is 1.91. The Hall–Kier alpha value is -0.0600. The van der Waals surface area contributed by atoms with E-state index >= 15 is 0 Å². The zero-order chi connectivity index (χ0) is 13.5. The molecule has 18 heavy (non-hydrogen) atoms. The molecule has 0 radical (unpaired) electrons. The van der Waals surface area contributed by atoms with Gasteiger partial charge in [0.2, 0.25) is 0 Å². The lowest BCUT2D eigenvalue weighted by molar-refractivity contribution is 0.567. The van der Waals surface area contributed by atoms with Gasteiger partial charge in [-0.3, -0.25) is 0 Å². The second kappa shape index (κ2) is 8.18. The summed E-state index contributed by atoms with van der Waals surface area (Å²) < 4.78 is 14.5. The van der Waals surface area contributed by atoms with Gasteiger partial charge in [0.05, 0.1) is 0 Å². The summed E-state index contributed by atoms with van der Waals surface area (Å²) in [6, 6.07) is 5.61. The summed E-state index contributed by atoms with van der Waals surface area (Å²) >= 11 is 5.22. The lowest BCUT2D eigenvalue weighted by Gasteiger charge is -2.18. The van der Waals surface area contributed by atoms with E-state index in [2.05, 4.69) is 35.1 Å². The molecule has 2 unspecified atom stereocenters. The Balaban J connectivity index is 2.56. The minimum absolute atomic E-state index is 0.127. The van der Waals surface area contributed by atoms with Gasteiger partial charge in [-0.15, -0.1) is 0 Å². The van der Waals surface area contributed by atoms with Crippen molar-refractivity contribution in [1.82, 2.24) is 5.32 Å². The summed E-state index contributed by atoms with van der Waals surface area (Å²) in [5, 5.41) is 3.94. The minimum Gasteiger partial charge on any atom is -0.316 e. The molecule has 1 nitrogen and oxygen atoms in total. The smallest absolute Gasteiger partial charge is 0.127 e. The fourth-order valence-corrected chi connectivity index (χ4v) is 3.01. The third-order valence-corrected chi connectivity index (χ3v) is 5.04. The van der Waals surface area contributed by atoms with Crippen molar-refractivity contribution in [2.75, 3.05) is 12.8 Å². The lowest BCUT2D eigenvalue weighted by Crippen LogP contribution is -2.31.